The molecule has 1 amide bonds. The van der Waals surface area contributed by atoms with E-state index in [2.05, 4.69) is 0 Å². The van der Waals surface area contributed by atoms with E-state index in [1.807, 2.05) is 0 Å². The standard InChI is InChI=1S/C24H24FNO5/c1-29-20-12-11-14(23(30-2)24(20)31-3)15-13-21(28)26(17-8-5-4-7-16(17)25)18-9-6-10-19(27)22(15)18/h4-5,7-8,11-12,15H,6,9-10,13H2,1-3H3. The first-order valence-electron chi connectivity index (χ1n) is 10.1. The molecule has 1 heterocycles. The van der Waals surface area contributed by atoms with Crippen molar-refractivity contribution in [1.82, 2.24) is 0 Å². The molecule has 0 spiro atoms. The van der Waals surface area contributed by atoms with E-state index in [0.29, 0.717) is 53.3 Å². The number of anilines is 1. The normalized spacial score (nSPS) is 18.7. The Morgan fingerprint density at radius 2 is 1.68 bits per heavy atom. The molecule has 4 rings (SSSR count). The predicted molar refractivity (Wildman–Crippen MR) is 113 cm³/mol. The highest BCUT2D eigenvalue weighted by atomic mass is 19.1. The van der Waals surface area contributed by atoms with E-state index >= 15 is 0 Å². The number of benzene rings is 2. The van der Waals surface area contributed by atoms with E-state index in [1.165, 1.54) is 32.3 Å². The zero-order valence-corrected chi connectivity index (χ0v) is 17.7. The van der Waals surface area contributed by atoms with Crippen LogP contribution in [0.2, 0.25) is 0 Å². The Balaban J connectivity index is 1.92. The highest BCUT2D eigenvalue weighted by molar-refractivity contribution is 6.07. The predicted octanol–water partition coefficient (Wildman–Crippen LogP) is 4.38. The van der Waals surface area contributed by atoms with E-state index in [0.717, 1.165) is 0 Å². The van der Waals surface area contributed by atoms with Gasteiger partial charge in [0.15, 0.2) is 17.3 Å². The molecular formula is C24H24FNO5. The maximum atomic E-state index is 14.6. The zero-order chi connectivity index (χ0) is 22.1. The molecule has 6 nitrogen and oxygen atoms in total. The van der Waals surface area contributed by atoms with Crippen molar-refractivity contribution >= 4 is 17.4 Å². The Bertz CT molecular complexity index is 1080. The molecule has 0 saturated carbocycles. The molecule has 0 saturated heterocycles. The molecule has 2 aliphatic rings. The lowest BCUT2D eigenvalue weighted by Crippen LogP contribution is -2.41. The van der Waals surface area contributed by atoms with Gasteiger partial charge in [0.1, 0.15) is 5.82 Å². The molecule has 0 fully saturated rings. The number of rotatable bonds is 5. The molecule has 162 valence electrons. The number of carbonyl (C=O) groups is 2. The number of hydrogen-bond donors (Lipinski definition) is 0. The Morgan fingerprint density at radius 1 is 0.935 bits per heavy atom. The van der Waals surface area contributed by atoms with E-state index in [1.54, 1.807) is 30.3 Å². The van der Waals surface area contributed by atoms with Crippen molar-refractivity contribution in [3.63, 3.8) is 0 Å². The summed E-state index contributed by atoms with van der Waals surface area (Å²) in [5.74, 6) is 0.0109. The Labute approximate surface area is 180 Å². The van der Waals surface area contributed by atoms with Crippen LogP contribution in [0.15, 0.2) is 47.7 Å². The van der Waals surface area contributed by atoms with Crippen LogP contribution in [0.5, 0.6) is 17.2 Å². The van der Waals surface area contributed by atoms with Crippen LogP contribution in [0.1, 0.15) is 37.2 Å². The van der Waals surface area contributed by atoms with Crippen LogP contribution >= 0.6 is 0 Å². The summed E-state index contributed by atoms with van der Waals surface area (Å²) in [5, 5.41) is 0. The van der Waals surface area contributed by atoms with Crippen LogP contribution in [0.3, 0.4) is 0 Å². The summed E-state index contributed by atoms with van der Waals surface area (Å²) in [6.45, 7) is 0. The highest BCUT2D eigenvalue weighted by Crippen LogP contribution is 2.49. The van der Waals surface area contributed by atoms with Crippen molar-refractivity contribution in [3.05, 3.63) is 59.0 Å². The van der Waals surface area contributed by atoms with E-state index in [-0.39, 0.29) is 23.8 Å². The van der Waals surface area contributed by atoms with Gasteiger partial charge in [-0.2, -0.15) is 0 Å². The molecule has 0 aromatic heterocycles. The van der Waals surface area contributed by atoms with Crippen LogP contribution in [-0.4, -0.2) is 33.0 Å². The lowest BCUT2D eigenvalue weighted by molar-refractivity contribution is -0.120. The van der Waals surface area contributed by atoms with Crippen molar-refractivity contribution in [2.75, 3.05) is 26.2 Å². The molecule has 2 aromatic carbocycles. The van der Waals surface area contributed by atoms with Crippen molar-refractivity contribution in [2.45, 2.75) is 31.6 Å². The van der Waals surface area contributed by atoms with Gasteiger partial charge in [0.2, 0.25) is 11.7 Å². The lowest BCUT2D eigenvalue weighted by atomic mass is 9.76. The van der Waals surface area contributed by atoms with Gasteiger partial charge in [0, 0.05) is 35.6 Å². The largest absolute Gasteiger partial charge is 0.493 e. The quantitative estimate of drug-likeness (QED) is 0.711. The summed E-state index contributed by atoms with van der Waals surface area (Å²) in [6.07, 6.45) is 1.55. The van der Waals surface area contributed by atoms with E-state index < -0.39 is 11.7 Å². The fraction of sp³-hybridized carbons (Fsp3) is 0.333. The molecular weight excluding hydrogens is 401 g/mol. The Kier molecular flexibility index (Phi) is 5.67. The van der Waals surface area contributed by atoms with Gasteiger partial charge in [0.25, 0.3) is 0 Å². The molecule has 7 heteroatoms. The third-order valence-electron chi connectivity index (χ3n) is 5.88. The van der Waals surface area contributed by atoms with Crippen LogP contribution in [-0.2, 0) is 9.59 Å². The van der Waals surface area contributed by atoms with Crippen LogP contribution in [0, 0.1) is 5.82 Å². The molecule has 1 unspecified atom stereocenters. The topological polar surface area (TPSA) is 65.1 Å². The van der Waals surface area contributed by atoms with Crippen molar-refractivity contribution in [1.29, 1.82) is 0 Å². The number of Topliss-reactive ketones (excluding diaryl/α,β-unsaturated/α-hetero) is 1. The van der Waals surface area contributed by atoms with Crippen molar-refractivity contribution < 1.29 is 28.2 Å². The first-order chi connectivity index (χ1) is 15.0. The minimum atomic E-state index is -0.506. The van der Waals surface area contributed by atoms with Gasteiger partial charge >= 0.3 is 0 Å². The highest BCUT2D eigenvalue weighted by Gasteiger charge is 2.41. The summed E-state index contributed by atoms with van der Waals surface area (Å²) in [7, 11) is 4.54. The third kappa shape index (κ3) is 3.44. The van der Waals surface area contributed by atoms with Gasteiger partial charge in [-0.25, -0.2) is 4.39 Å². The molecule has 1 aliphatic carbocycles. The number of amides is 1. The molecule has 31 heavy (non-hydrogen) atoms. The average Bonchev–Trinajstić information content (AvgIpc) is 2.78. The molecule has 1 atom stereocenters. The maximum absolute atomic E-state index is 14.6. The summed E-state index contributed by atoms with van der Waals surface area (Å²) in [6, 6.07) is 9.67. The third-order valence-corrected chi connectivity index (χ3v) is 5.88. The molecule has 0 radical (unpaired) electrons. The van der Waals surface area contributed by atoms with E-state index in [9.17, 15) is 14.0 Å². The van der Waals surface area contributed by atoms with Gasteiger partial charge < -0.3 is 14.2 Å². The summed E-state index contributed by atoms with van der Waals surface area (Å²) in [4.78, 5) is 27.7. The number of hydrogen-bond acceptors (Lipinski definition) is 5. The minimum absolute atomic E-state index is 0.0186. The number of ketones is 1. The van der Waals surface area contributed by atoms with Crippen LogP contribution in [0.25, 0.3) is 0 Å². The summed E-state index contributed by atoms with van der Waals surface area (Å²) < 4.78 is 31.0. The molecule has 2 aromatic rings. The summed E-state index contributed by atoms with van der Waals surface area (Å²) >= 11 is 0. The molecule has 0 bridgehead atoms. The smallest absolute Gasteiger partial charge is 0.232 e. The monoisotopic (exact) mass is 425 g/mol. The fourth-order valence-electron chi connectivity index (χ4n) is 4.57. The fourth-order valence-corrected chi connectivity index (χ4v) is 4.57. The Morgan fingerprint density at radius 3 is 2.35 bits per heavy atom. The Hall–Kier alpha value is -3.35. The maximum Gasteiger partial charge on any atom is 0.232 e. The molecule has 0 N–H and O–H groups in total. The number of nitrogens with zero attached hydrogens (tertiary/aromatic N) is 1. The minimum Gasteiger partial charge on any atom is -0.493 e. The van der Waals surface area contributed by atoms with Gasteiger partial charge in [-0.05, 0) is 31.0 Å². The van der Waals surface area contributed by atoms with Crippen molar-refractivity contribution in [3.8, 4) is 17.2 Å². The number of methoxy groups -OCH3 is 3. The van der Waals surface area contributed by atoms with Crippen LogP contribution < -0.4 is 19.1 Å². The van der Waals surface area contributed by atoms with Crippen molar-refractivity contribution in [2.24, 2.45) is 0 Å². The van der Waals surface area contributed by atoms with Gasteiger partial charge in [-0.15, -0.1) is 0 Å². The van der Waals surface area contributed by atoms with Crippen LogP contribution in [0.4, 0.5) is 10.1 Å². The van der Waals surface area contributed by atoms with Gasteiger partial charge in [0.05, 0.1) is 27.0 Å². The number of carbonyl (C=O) groups excluding carboxylic acids is 2. The number of allylic oxidation sites excluding steroid dienone is 2. The van der Waals surface area contributed by atoms with E-state index in [4.69, 9.17) is 14.2 Å². The van der Waals surface area contributed by atoms with Gasteiger partial charge in [-0.3, -0.25) is 14.5 Å². The van der Waals surface area contributed by atoms with Gasteiger partial charge in [-0.1, -0.05) is 18.2 Å². The SMILES string of the molecule is COc1ccc(C2CC(=O)N(c3ccccc3F)C3=C2C(=O)CCC3)c(OC)c1OC. The second-order valence-electron chi connectivity index (χ2n) is 7.50. The average molecular weight is 425 g/mol. The second-order valence-corrected chi connectivity index (χ2v) is 7.50. The zero-order valence-electron chi connectivity index (χ0n) is 17.7. The number of para-hydroxylation sites is 1. The number of ether oxygens (including phenoxy) is 3. The number of halogens is 1. The lowest BCUT2D eigenvalue weighted by Gasteiger charge is -2.38. The second kappa shape index (κ2) is 8.41. The first-order valence-corrected chi connectivity index (χ1v) is 10.1. The first kappa shape index (κ1) is 20.9. The summed E-state index contributed by atoms with van der Waals surface area (Å²) in [5.41, 5.74) is 1.95. The molecule has 1 aliphatic heterocycles.